The second-order valence-electron chi connectivity index (χ2n) is 3.18. The molecular formula is C12H27NO. The van der Waals surface area contributed by atoms with Gasteiger partial charge in [0.1, 0.15) is 6.29 Å². The van der Waals surface area contributed by atoms with Crippen LogP contribution in [-0.4, -0.2) is 18.9 Å². The van der Waals surface area contributed by atoms with E-state index >= 15 is 0 Å². The van der Waals surface area contributed by atoms with Crippen LogP contribution >= 0.6 is 0 Å². The van der Waals surface area contributed by atoms with Crippen molar-refractivity contribution in [1.82, 2.24) is 5.32 Å². The zero-order valence-corrected chi connectivity index (χ0v) is 10.5. The molecule has 0 spiro atoms. The molecule has 0 heterocycles. The minimum absolute atomic E-state index is 0.196. The fraction of sp³-hybridized carbons (Fsp3) is 0.917. The molecule has 2 atom stereocenters. The summed E-state index contributed by atoms with van der Waals surface area (Å²) in [5.41, 5.74) is 0. The minimum Gasteiger partial charge on any atom is -0.313 e. The number of rotatable bonds is 7. The van der Waals surface area contributed by atoms with E-state index in [-0.39, 0.29) is 5.92 Å². The van der Waals surface area contributed by atoms with E-state index in [1.54, 1.807) is 0 Å². The van der Waals surface area contributed by atoms with Gasteiger partial charge in [0.25, 0.3) is 0 Å². The predicted octanol–water partition coefficient (Wildman–Crippen LogP) is 3.02. The fourth-order valence-corrected chi connectivity index (χ4v) is 1.40. The maximum atomic E-state index is 10.7. The lowest BCUT2D eigenvalue weighted by Crippen LogP contribution is -2.36. The van der Waals surface area contributed by atoms with E-state index in [0.29, 0.717) is 6.04 Å². The van der Waals surface area contributed by atoms with Crippen LogP contribution < -0.4 is 5.32 Å². The van der Waals surface area contributed by atoms with E-state index in [4.69, 9.17) is 0 Å². The van der Waals surface area contributed by atoms with E-state index < -0.39 is 0 Å². The number of hydrogen-bond acceptors (Lipinski definition) is 2. The Morgan fingerprint density at radius 2 is 1.71 bits per heavy atom. The van der Waals surface area contributed by atoms with Gasteiger partial charge in [-0.3, -0.25) is 0 Å². The van der Waals surface area contributed by atoms with Crippen molar-refractivity contribution in [2.45, 2.75) is 59.9 Å². The first kappa shape index (κ1) is 16.1. The van der Waals surface area contributed by atoms with Crippen LogP contribution in [0.15, 0.2) is 0 Å². The highest BCUT2D eigenvalue weighted by atomic mass is 16.1. The van der Waals surface area contributed by atoms with Crippen LogP contribution in [0.25, 0.3) is 0 Å². The van der Waals surface area contributed by atoms with E-state index in [2.05, 4.69) is 26.1 Å². The van der Waals surface area contributed by atoms with Gasteiger partial charge in [-0.05, 0) is 25.8 Å². The summed E-state index contributed by atoms with van der Waals surface area (Å²) in [6.45, 7) is 11.3. The molecule has 0 saturated carbocycles. The third-order valence-corrected chi connectivity index (χ3v) is 2.26. The van der Waals surface area contributed by atoms with Crippen LogP contribution in [-0.2, 0) is 4.79 Å². The van der Waals surface area contributed by atoms with Gasteiger partial charge in [-0.2, -0.15) is 0 Å². The van der Waals surface area contributed by atoms with Crippen molar-refractivity contribution in [2.75, 3.05) is 6.54 Å². The van der Waals surface area contributed by atoms with Crippen LogP contribution in [0.3, 0.4) is 0 Å². The van der Waals surface area contributed by atoms with Gasteiger partial charge in [-0.25, -0.2) is 0 Å². The molecule has 14 heavy (non-hydrogen) atoms. The van der Waals surface area contributed by atoms with Gasteiger partial charge in [0.05, 0.1) is 0 Å². The van der Waals surface area contributed by atoms with Gasteiger partial charge in [-0.15, -0.1) is 0 Å². The summed E-state index contributed by atoms with van der Waals surface area (Å²) >= 11 is 0. The highest BCUT2D eigenvalue weighted by Crippen LogP contribution is 2.08. The second kappa shape index (κ2) is 12.6. The summed E-state index contributed by atoms with van der Waals surface area (Å²) in [5, 5.41) is 3.39. The third kappa shape index (κ3) is 7.07. The Morgan fingerprint density at radius 3 is 2.00 bits per heavy atom. The molecule has 0 aliphatic heterocycles. The van der Waals surface area contributed by atoms with Crippen LogP contribution in [0.4, 0.5) is 0 Å². The summed E-state index contributed by atoms with van der Waals surface area (Å²) < 4.78 is 0. The molecule has 86 valence electrons. The lowest BCUT2D eigenvalue weighted by atomic mass is 9.96. The molecule has 0 fully saturated rings. The highest BCUT2D eigenvalue weighted by Gasteiger charge is 2.15. The summed E-state index contributed by atoms with van der Waals surface area (Å²) in [6.07, 6.45) is 4.19. The topological polar surface area (TPSA) is 29.1 Å². The number of aldehydes is 1. The maximum absolute atomic E-state index is 10.7. The third-order valence-electron chi connectivity index (χ3n) is 2.26. The smallest absolute Gasteiger partial charge is 0.124 e. The first-order valence-corrected chi connectivity index (χ1v) is 5.98. The van der Waals surface area contributed by atoms with Crippen molar-refractivity contribution < 1.29 is 4.79 Å². The van der Waals surface area contributed by atoms with E-state index in [1.165, 1.54) is 0 Å². The standard InChI is InChI=1S/C10H21NO.C2H6/c1-4-7-11-10(6-3)9(5-2)8-12;1-2/h8-11H,4-7H2,1-3H3;1-2H3. The molecule has 2 heteroatoms. The van der Waals surface area contributed by atoms with E-state index in [0.717, 1.165) is 32.1 Å². The minimum atomic E-state index is 0.196. The SMILES string of the molecule is CC.CCCNC(CC)C(C=O)CC. The maximum Gasteiger partial charge on any atom is 0.124 e. The number of nitrogens with one attached hydrogen (secondary N) is 1. The Morgan fingerprint density at radius 1 is 1.14 bits per heavy atom. The Hall–Kier alpha value is -0.370. The average Bonchev–Trinajstić information content (AvgIpc) is 2.27. The molecule has 0 aliphatic carbocycles. The second-order valence-corrected chi connectivity index (χ2v) is 3.18. The molecular weight excluding hydrogens is 174 g/mol. The fourth-order valence-electron chi connectivity index (χ4n) is 1.40. The first-order valence-electron chi connectivity index (χ1n) is 5.98. The van der Waals surface area contributed by atoms with Gasteiger partial charge >= 0.3 is 0 Å². The molecule has 0 rings (SSSR count). The lowest BCUT2D eigenvalue weighted by molar-refractivity contribution is -0.112. The molecule has 0 radical (unpaired) electrons. The molecule has 2 nitrogen and oxygen atoms in total. The normalized spacial score (nSPS) is 13.8. The molecule has 1 N–H and O–H groups in total. The average molecular weight is 201 g/mol. The zero-order chi connectivity index (χ0) is 11.4. The molecule has 0 aromatic heterocycles. The van der Waals surface area contributed by atoms with Crippen LogP contribution in [0.5, 0.6) is 0 Å². The molecule has 0 aliphatic rings. The Kier molecular flexibility index (Phi) is 14.5. The van der Waals surface area contributed by atoms with Crippen molar-refractivity contribution in [3.63, 3.8) is 0 Å². The Labute approximate surface area is 89.5 Å². The molecule has 0 amide bonds. The summed E-state index contributed by atoms with van der Waals surface area (Å²) in [4.78, 5) is 10.7. The summed E-state index contributed by atoms with van der Waals surface area (Å²) in [6, 6.07) is 0.382. The summed E-state index contributed by atoms with van der Waals surface area (Å²) in [7, 11) is 0. The largest absolute Gasteiger partial charge is 0.313 e. The number of hydrogen-bond donors (Lipinski definition) is 1. The van der Waals surface area contributed by atoms with Gasteiger partial charge in [0.2, 0.25) is 0 Å². The van der Waals surface area contributed by atoms with Gasteiger partial charge < -0.3 is 10.1 Å². The van der Waals surface area contributed by atoms with Gasteiger partial charge in [0, 0.05) is 12.0 Å². The molecule has 0 aromatic carbocycles. The molecule has 0 bridgehead atoms. The molecule has 0 aromatic rings. The quantitative estimate of drug-likeness (QED) is 0.642. The zero-order valence-electron chi connectivity index (χ0n) is 10.5. The van der Waals surface area contributed by atoms with Gasteiger partial charge in [0.15, 0.2) is 0 Å². The monoisotopic (exact) mass is 201 g/mol. The van der Waals surface area contributed by atoms with E-state index in [1.807, 2.05) is 13.8 Å². The van der Waals surface area contributed by atoms with Crippen LogP contribution in [0, 0.1) is 5.92 Å². The van der Waals surface area contributed by atoms with Crippen molar-refractivity contribution in [2.24, 2.45) is 5.92 Å². The number of carbonyl (C=O) groups is 1. The lowest BCUT2D eigenvalue weighted by Gasteiger charge is -2.21. The van der Waals surface area contributed by atoms with Crippen LogP contribution in [0.2, 0.25) is 0 Å². The predicted molar refractivity (Wildman–Crippen MR) is 63.6 cm³/mol. The van der Waals surface area contributed by atoms with Gasteiger partial charge in [-0.1, -0.05) is 34.6 Å². The molecule has 2 unspecified atom stereocenters. The van der Waals surface area contributed by atoms with E-state index in [9.17, 15) is 4.79 Å². The van der Waals surface area contributed by atoms with Crippen molar-refractivity contribution >= 4 is 6.29 Å². The van der Waals surface area contributed by atoms with Crippen molar-refractivity contribution in [3.8, 4) is 0 Å². The summed E-state index contributed by atoms with van der Waals surface area (Å²) in [5.74, 6) is 0.196. The first-order chi connectivity index (χ1) is 6.79. The van der Waals surface area contributed by atoms with Crippen molar-refractivity contribution in [3.05, 3.63) is 0 Å². The molecule has 0 saturated heterocycles. The Balaban J connectivity index is 0. The number of carbonyl (C=O) groups excluding carboxylic acids is 1. The highest BCUT2D eigenvalue weighted by molar-refractivity contribution is 5.54. The Bertz CT molecular complexity index is 115. The van der Waals surface area contributed by atoms with Crippen LogP contribution in [0.1, 0.15) is 53.9 Å². The van der Waals surface area contributed by atoms with Crippen molar-refractivity contribution in [1.29, 1.82) is 0 Å².